The summed E-state index contributed by atoms with van der Waals surface area (Å²) in [5, 5.41) is 3.09. The summed E-state index contributed by atoms with van der Waals surface area (Å²) in [6.45, 7) is 8.25. The lowest BCUT2D eigenvalue weighted by Crippen LogP contribution is -2.41. The molecule has 3 rings (SSSR count). The molecule has 6 heteroatoms. The normalized spacial score (nSPS) is 20.9. The highest BCUT2D eigenvalue weighted by atomic mass is 32.1. The summed E-state index contributed by atoms with van der Waals surface area (Å²) in [6.07, 6.45) is 1.86. The minimum absolute atomic E-state index is 0.301. The summed E-state index contributed by atoms with van der Waals surface area (Å²) in [4.78, 5) is 5.66. The van der Waals surface area contributed by atoms with Gasteiger partial charge in [-0.15, -0.1) is 22.7 Å². The second-order valence-corrected chi connectivity index (χ2v) is 7.64. The van der Waals surface area contributed by atoms with Crippen LogP contribution >= 0.6 is 22.7 Å². The van der Waals surface area contributed by atoms with Crippen molar-refractivity contribution in [1.82, 2.24) is 4.98 Å². The quantitative estimate of drug-likeness (QED) is 0.797. The van der Waals surface area contributed by atoms with Gasteiger partial charge in [-0.2, -0.15) is 0 Å². The van der Waals surface area contributed by atoms with Gasteiger partial charge in [0.05, 0.1) is 20.9 Å². The first-order valence-electron chi connectivity index (χ1n) is 6.24. The molecule has 0 amide bonds. The Hall–Kier alpha value is -0.685. The number of hydrogen-bond donors (Lipinski definition) is 0. The zero-order chi connectivity index (χ0) is 13.7. The number of nitrogens with zero attached hydrogens (tertiary/aromatic N) is 1. The first-order valence-corrected chi connectivity index (χ1v) is 7.94. The zero-order valence-electron chi connectivity index (χ0n) is 11.5. The zero-order valence-corrected chi connectivity index (χ0v) is 13.1. The molecule has 0 bridgehead atoms. The van der Waals surface area contributed by atoms with Gasteiger partial charge in [-0.05, 0) is 39.1 Å². The Morgan fingerprint density at radius 3 is 2.42 bits per heavy atom. The third-order valence-corrected chi connectivity index (χ3v) is 5.80. The van der Waals surface area contributed by atoms with Crippen LogP contribution in [-0.4, -0.2) is 23.3 Å². The monoisotopic (exact) mass is 293 g/mol. The molecule has 0 aliphatic carbocycles. The molecule has 1 saturated heterocycles. The largest absolute Gasteiger partial charge is 0.507 e. The Morgan fingerprint density at radius 2 is 1.84 bits per heavy atom. The van der Waals surface area contributed by atoms with E-state index in [4.69, 9.17) is 9.31 Å². The maximum Gasteiger partial charge on any atom is 0.507 e. The van der Waals surface area contributed by atoms with E-state index in [1.807, 2.05) is 12.3 Å². The molecule has 2 aromatic rings. The van der Waals surface area contributed by atoms with Crippen LogP contribution in [0.5, 0.6) is 0 Å². The summed E-state index contributed by atoms with van der Waals surface area (Å²) in [5.74, 6) is 0. The molecular formula is C13H16BNO2S2. The molecule has 0 radical (unpaired) electrons. The van der Waals surface area contributed by atoms with Gasteiger partial charge in [0, 0.05) is 6.20 Å². The van der Waals surface area contributed by atoms with E-state index >= 15 is 0 Å². The van der Waals surface area contributed by atoms with Gasteiger partial charge in [-0.3, -0.25) is 0 Å². The van der Waals surface area contributed by atoms with Crippen molar-refractivity contribution in [3.05, 3.63) is 23.7 Å². The van der Waals surface area contributed by atoms with Crippen molar-refractivity contribution >= 4 is 34.6 Å². The van der Waals surface area contributed by atoms with Gasteiger partial charge in [0.1, 0.15) is 5.01 Å². The summed E-state index contributed by atoms with van der Waals surface area (Å²) in [6, 6.07) is 4.12. The Labute approximate surface area is 121 Å². The molecular weight excluding hydrogens is 277 g/mol. The Balaban J connectivity index is 1.85. The second kappa shape index (κ2) is 4.41. The van der Waals surface area contributed by atoms with Gasteiger partial charge in [-0.1, -0.05) is 6.07 Å². The van der Waals surface area contributed by atoms with Crippen LogP contribution in [0, 0.1) is 0 Å². The average Bonchev–Trinajstić information content (AvgIpc) is 3.00. The van der Waals surface area contributed by atoms with Crippen LogP contribution in [0.25, 0.3) is 9.88 Å². The van der Waals surface area contributed by atoms with Crippen LogP contribution in [0.1, 0.15) is 27.7 Å². The molecule has 1 aliphatic heterocycles. The van der Waals surface area contributed by atoms with Gasteiger partial charge < -0.3 is 9.31 Å². The fourth-order valence-electron chi connectivity index (χ4n) is 1.87. The lowest BCUT2D eigenvalue weighted by atomic mass is 9.89. The minimum atomic E-state index is -0.309. The van der Waals surface area contributed by atoms with E-state index in [2.05, 4.69) is 44.1 Å². The molecule has 100 valence electrons. The van der Waals surface area contributed by atoms with Crippen LogP contribution in [-0.2, 0) is 9.31 Å². The van der Waals surface area contributed by atoms with Gasteiger partial charge in [0.15, 0.2) is 0 Å². The predicted octanol–water partition coefficient (Wildman–Crippen LogP) is 3.17. The van der Waals surface area contributed by atoms with Crippen molar-refractivity contribution in [2.45, 2.75) is 38.9 Å². The molecule has 3 heterocycles. The molecule has 0 aromatic carbocycles. The third-order valence-electron chi connectivity index (χ3n) is 3.74. The molecule has 19 heavy (non-hydrogen) atoms. The number of thiazole rings is 1. The SMILES string of the molecule is CC1(C)OB(c2cnc(-c3cccs3)s2)OC1(C)C. The van der Waals surface area contributed by atoms with Crippen molar-refractivity contribution in [1.29, 1.82) is 0 Å². The molecule has 0 saturated carbocycles. The summed E-state index contributed by atoms with van der Waals surface area (Å²) in [5.41, 5.74) is -0.602. The molecule has 1 aliphatic rings. The van der Waals surface area contributed by atoms with Crippen molar-refractivity contribution in [3.63, 3.8) is 0 Å². The van der Waals surface area contributed by atoms with E-state index in [0.717, 1.165) is 9.78 Å². The van der Waals surface area contributed by atoms with E-state index in [0.29, 0.717) is 0 Å². The number of aromatic nitrogens is 1. The number of thiophene rings is 1. The summed E-state index contributed by atoms with van der Waals surface area (Å²) >= 11 is 3.34. The van der Waals surface area contributed by atoms with Gasteiger partial charge >= 0.3 is 7.12 Å². The lowest BCUT2D eigenvalue weighted by Gasteiger charge is -2.32. The van der Waals surface area contributed by atoms with Crippen LogP contribution in [0.4, 0.5) is 0 Å². The van der Waals surface area contributed by atoms with E-state index in [1.165, 1.54) is 4.88 Å². The minimum Gasteiger partial charge on any atom is -0.399 e. The Morgan fingerprint density at radius 1 is 1.16 bits per heavy atom. The van der Waals surface area contributed by atoms with Gasteiger partial charge in [0.2, 0.25) is 0 Å². The Bertz CT molecular complexity index is 561. The highest BCUT2D eigenvalue weighted by Crippen LogP contribution is 2.37. The molecule has 2 aromatic heterocycles. The second-order valence-electron chi connectivity index (χ2n) is 5.63. The van der Waals surface area contributed by atoms with Crippen molar-refractivity contribution in [2.24, 2.45) is 0 Å². The standard InChI is InChI=1S/C13H16BNO2S2/c1-12(2)13(3,4)17-14(16-12)10-8-15-11(19-10)9-6-5-7-18-9/h5-8H,1-4H3. The molecule has 0 N–H and O–H groups in total. The highest BCUT2D eigenvalue weighted by Gasteiger charge is 2.52. The molecule has 0 spiro atoms. The number of rotatable bonds is 2. The molecule has 1 fully saturated rings. The average molecular weight is 293 g/mol. The van der Waals surface area contributed by atoms with E-state index in [-0.39, 0.29) is 18.3 Å². The highest BCUT2D eigenvalue weighted by molar-refractivity contribution is 7.27. The summed E-state index contributed by atoms with van der Waals surface area (Å²) < 4.78 is 13.1. The van der Waals surface area contributed by atoms with Crippen molar-refractivity contribution in [2.75, 3.05) is 0 Å². The molecule has 0 unspecified atom stereocenters. The van der Waals surface area contributed by atoms with E-state index < -0.39 is 0 Å². The van der Waals surface area contributed by atoms with Gasteiger partial charge in [0.25, 0.3) is 0 Å². The Kier molecular flexibility index (Phi) is 3.09. The number of hydrogen-bond acceptors (Lipinski definition) is 5. The predicted molar refractivity (Wildman–Crippen MR) is 81.1 cm³/mol. The smallest absolute Gasteiger partial charge is 0.399 e. The van der Waals surface area contributed by atoms with Crippen LogP contribution in [0.15, 0.2) is 23.7 Å². The maximum absolute atomic E-state index is 6.03. The van der Waals surface area contributed by atoms with Crippen LogP contribution < -0.4 is 4.78 Å². The van der Waals surface area contributed by atoms with E-state index in [9.17, 15) is 0 Å². The maximum atomic E-state index is 6.03. The van der Waals surface area contributed by atoms with Crippen molar-refractivity contribution < 1.29 is 9.31 Å². The fraction of sp³-hybridized carbons (Fsp3) is 0.462. The molecule has 0 atom stereocenters. The van der Waals surface area contributed by atoms with Gasteiger partial charge in [-0.25, -0.2) is 4.98 Å². The van der Waals surface area contributed by atoms with Crippen LogP contribution in [0.3, 0.4) is 0 Å². The third kappa shape index (κ3) is 2.27. The fourth-order valence-corrected chi connectivity index (χ4v) is 3.55. The summed E-state index contributed by atoms with van der Waals surface area (Å²) in [7, 11) is -0.309. The first-order chi connectivity index (χ1) is 8.89. The van der Waals surface area contributed by atoms with E-state index in [1.54, 1.807) is 22.7 Å². The van der Waals surface area contributed by atoms with Crippen molar-refractivity contribution in [3.8, 4) is 9.88 Å². The molecule has 3 nitrogen and oxygen atoms in total. The first kappa shape index (κ1) is 13.3. The lowest BCUT2D eigenvalue weighted by molar-refractivity contribution is 0.00578. The van der Waals surface area contributed by atoms with Crippen LogP contribution in [0.2, 0.25) is 0 Å². The topological polar surface area (TPSA) is 31.4 Å².